The minimum atomic E-state index is 0.0663. The summed E-state index contributed by atoms with van der Waals surface area (Å²) in [5, 5.41) is 4.19. The molecule has 0 amide bonds. The van der Waals surface area contributed by atoms with E-state index < -0.39 is 0 Å². The van der Waals surface area contributed by atoms with E-state index in [1.54, 1.807) is 13.4 Å². The van der Waals surface area contributed by atoms with Crippen LogP contribution >= 0.6 is 0 Å². The largest absolute Gasteiger partial charge is 0.382 e. The van der Waals surface area contributed by atoms with Crippen molar-refractivity contribution in [2.75, 3.05) is 7.11 Å². The fourth-order valence-electron chi connectivity index (χ4n) is 1.69. The molecule has 92 valence electrons. The van der Waals surface area contributed by atoms with Crippen LogP contribution in [0.1, 0.15) is 39.1 Å². The van der Waals surface area contributed by atoms with E-state index in [4.69, 9.17) is 10.5 Å². The molecule has 0 saturated carbocycles. The lowest BCUT2D eigenvalue weighted by molar-refractivity contribution is 0.104. The Morgan fingerprint density at radius 1 is 1.44 bits per heavy atom. The Morgan fingerprint density at radius 3 is 2.69 bits per heavy atom. The van der Waals surface area contributed by atoms with Crippen molar-refractivity contribution in [1.29, 1.82) is 0 Å². The first-order valence-electron chi connectivity index (χ1n) is 5.71. The minimum Gasteiger partial charge on any atom is -0.382 e. The Labute approximate surface area is 97.0 Å². The molecule has 2 unspecified atom stereocenters. The van der Waals surface area contributed by atoms with Gasteiger partial charge in [0.2, 0.25) is 0 Å². The maximum Gasteiger partial charge on any atom is 0.138 e. The highest BCUT2D eigenvalue weighted by atomic mass is 16.5. The number of ether oxygens (including phenoxy) is 1. The molecule has 0 aliphatic heterocycles. The van der Waals surface area contributed by atoms with Gasteiger partial charge in [0, 0.05) is 25.6 Å². The van der Waals surface area contributed by atoms with E-state index in [-0.39, 0.29) is 12.1 Å². The second kappa shape index (κ2) is 5.96. The van der Waals surface area contributed by atoms with Crippen molar-refractivity contribution >= 4 is 0 Å². The van der Waals surface area contributed by atoms with E-state index in [1.165, 1.54) is 0 Å². The fourth-order valence-corrected chi connectivity index (χ4v) is 1.69. The molecule has 1 rings (SSSR count). The Balaban J connectivity index is 2.55. The van der Waals surface area contributed by atoms with E-state index in [0.29, 0.717) is 6.04 Å². The van der Waals surface area contributed by atoms with Crippen LogP contribution in [0, 0.1) is 0 Å². The summed E-state index contributed by atoms with van der Waals surface area (Å²) in [6, 6.07) is 0.390. The van der Waals surface area contributed by atoms with Gasteiger partial charge in [0.15, 0.2) is 0 Å². The molecule has 2 N–H and O–H groups in total. The van der Waals surface area contributed by atoms with Crippen LogP contribution in [0.5, 0.6) is 0 Å². The highest BCUT2D eigenvalue weighted by Crippen LogP contribution is 2.09. The molecule has 0 aliphatic carbocycles. The van der Waals surface area contributed by atoms with Gasteiger partial charge >= 0.3 is 0 Å². The predicted octanol–water partition coefficient (Wildman–Crippen LogP) is 1.15. The second-order valence-electron chi connectivity index (χ2n) is 4.46. The topological polar surface area (TPSA) is 66.0 Å². The van der Waals surface area contributed by atoms with E-state index >= 15 is 0 Å². The molecule has 16 heavy (non-hydrogen) atoms. The van der Waals surface area contributed by atoms with Crippen LogP contribution in [0.3, 0.4) is 0 Å². The van der Waals surface area contributed by atoms with Gasteiger partial charge in [-0.25, -0.2) is 9.67 Å². The molecule has 0 fully saturated rings. The Morgan fingerprint density at radius 2 is 2.12 bits per heavy atom. The molecule has 0 saturated heterocycles. The number of rotatable bonds is 6. The quantitative estimate of drug-likeness (QED) is 0.790. The summed E-state index contributed by atoms with van der Waals surface area (Å²) in [6.07, 6.45) is 3.35. The zero-order valence-electron chi connectivity index (χ0n) is 10.6. The molecule has 0 aromatic carbocycles. The lowest BCUT2D eigenvalue weighted by Crippen LogP contribution is -2.29. The number of nitrogens with two attached hydrogens (primary N) is 1. The molecule has 0 aliphatic rings. The summed E-state index contributed by atoms with van der Waals surface area (Å²) in [4.78, 5) is 4.24. The van der Waals surface area contributed by atoms with Crippen LogP contribution in [0.4, 0.5) is 0 Å². The molecule has 0 radical (unpaired) electrons. The van der Waals surface area contributed by atoms with Gasteiger partial charge in [0.1, 0.15) is 12.2 Å². The van der Waals surface area contributed by atoms with Crippen LogP contribution in [0.2, 0.25) is 0 Å². The maximum atomic E-state index is 6.05. The molecular formula is C11H22N4O. The normalized spacial score (nSPS) is 15.4. The lowest BCUT2D eigenvalue weighted by Gasteiger charge is -2.17. The molecule has 0 bridgehead atoms. The first kappa shape index (κ1) is 13.1. The van der Waals surface area contributed by atoms with Crippen molar-refractivity contribution in [1.82, 2.24) is 14.8 Å². The third-order valence-corrected chi connectivity index (χ3v) is 2.62. The molecule has 2 atom stereocenters. The van der Waals surface area contributed by atoms with Gasteiger partial charge in [0.05, 0.1) is 6.10 Å². The lowest BCUT2D eigenvalue weighted by atomic mass is 10.1. The summed E-state index contributed by atoms with van der Waals surface area (Å²) in [6.45, 7) is 6.19. The average Bonchev–Trinajstić information content (AvgIpc) is 2.65. The van der Waals surface area contributed by atoms with Crippen molar-refractivity contribution in [2.45, 2.75) is 51.8 Å². The van der Waals surface area contributed by atoms with Crippen molar-refractivity contribution < 1.29 is 4.74 Å². The fraction of sp³-hybridized carbons (Fsp3) is 0.818. The maximum absolute atomic E-state index is 6.05. The SMILES string of the molecule is COC(C)CC(N)Cc1ncnn1C(C)C. The molecule has 1 aromatic heterocycles. The second-order valence-corrected chi connectivity index (χ2v) is 4.46. The Kier molecular flexibility index (Phi) is 4.89. The van der Waals surface area contributed by atoms with E-state index in [9.17, 15) is 0 Å². The molecular weight excluding hydrogens is 204 g/mol. The van der Waals surface area contributed by atoms with E-state index in [1.807, 2.05) is 11.6 Å². The van der Waals surface area contributed by atoms with Gasteiger partial charge in [0.25, 0.3) is 0 Å². The first-order chi connectivity index (χ1) is 7.54. The number of methoxy groups -OCH3 is 1. The van der Waals surface area contributed by atoms with Gasteiger partial charge in [-0.3, -0.25) is 0 Å². The smallest absolute Gasteiger partial charge is 0.138 e. The van der Waals surface area contributed by atoms with Crippen molar-refractivity contribution in [3.8, 4) is 0 Å². The molecule has 1 aromatic rings. The minimum absolute atomic E-state index is 0.0663. The highest BCUT2D eigenvalue weighted by Gasteiger charge is 2.14. The molecule has 1 heterocycles. The molecule has 5 heteroatoms. The van der Waals surface area contributed by atoms with E-state index in [2.05, 4.69) is 23.9 Å². The van der Waals surface area contributed by atoms with Crippen LogP contribution in [0.15, 0.2) is 6.33 Å². The van der Waals surface area contributed by atoms with Crippen LogP contribution < -0.4 is 5.73 Å². The van der Waals surface area contributed by atoms with Crippen LogP contribution in [-0.4, -0.2) is 34.0 Å². The Hall–Kier alpha value is -0.940. The third-order valence-electron chi connectivity index (χ3n) is 2.62. The number of aromatic nitrogens is 3. The average molecular weight is 226 g/mol. The van der Waals surface area contributed by atoms with Crippen molar-refractivity contribution in [2.24, 2.45) is 5.73 Å². The van der Waals surface area contributed by atoms with Gasteiger partial charge in [-0.1, -0.05) is 0 Å². The molecule has 0 spiro atoms. The van der Waals surface area contributed by atoms with Crippen LogP contribution in [-0.2, 0) is 11.2 Å². The first-order valence-corrected chi connectivity index (χ1v) is 5.71. The number of nitrogens with zero attached hydrogens (tertiary/aromatic N) is 3. The molecule has 5 nitrogen and oxygen atoms in total. The standard InChI is InChI=1S/C11H22N4O/c1-8(2)15-11(13-7-14-15)6-10(12)5-9(3)16-4/h7-10H,5-6,12H2,1-4H3. The zero-order valence-corrected chi connectivity index (χ0v) is 10.6. The number of hydrogen-bond acceptors (Lipinski definition) is 4. The van der Waals surface area contributed by atoms with Gasteiger partial charge < -0.3 is 10.5 Å². The van der Waals surface area contributed by atoms with Crippen LogP contribution in [0.25, 0.3) is 0 Å². The zero-order chi connectivity index (χ0) is 12.1. The Bertz CT molecular complexity index is 311. The highest BCUT2D eigenvalue weighted by molar-refractivity contribution is 4.90. The van der Waals surface area contributed by atoms with E-state index in [0.717, 1.165) is 18.7 Å². The predicted molar refractivity (Wildman–Crippen MR) is 63.2 cm³/mol. The van der Waals surface area contributed by atoms with Gasteiger partial charge in [-0.2, -0.15) is 5.10 Å². The summed E-state index contributed by atoms with van der Waals surface area (Å²) >= 11 is 0. The van der Waals surface area contributed by atoms with Crippen molar-refractivity contribution in [3.63, 3.8) is 0 Å². The summed E-state index contributed by atoms with van der Waals surface area (Å²) in [5.74, 6) is 0.950. The third kappa shape index (κ3) is 3.57. The van der Waals surface area contributed by atoms with Gasteiger partial charge in [-0.05, 0) is 27.2 Å². The number of hydrogen-bond donors (Lipinski definition) is 1. The summed E-state index contributed by atoms with van der Waals surface area (Å²) in [7, 11) is 1.70. The van der Waals surface area contributed by atoms with Crippen molar-refractivity contribution in [3.05, 3.63) is 12.2 Å². The monoisotopic (exact) mass is 226 g/mol. The summed E-state index contributed by atoms with van der Waals surface area (Å²) < 4.78 is 7.11. The summed E-state index contributed by atoms with van der Waals surface area (Å²) in [5.41, 5.74) is 6.05. The van der Waals surface area contributed by atoms with Gasteiger partial charge in [-0.15, -0.1) is 0 Å².